The van der Waals surface area contributed by atoms with E-state index >= 15 is 0 Å². The van der Waals surface area contributed by atoms with Crippen molar-refractivity contribution in [2.75, 3.05) is 25.9 Å². The summed E-state index contributed by atoms with van der Waals surface area (Å²) in [7, 11) is 2.00. The molecule has 0 saturated heterocycles. The van der Waals surface area contributed by atoms with E-state index in [9.17, 15) is 5.11 Å². The zero-order valence-electron chi connectivity index (χ0n) is 11.7. The first-order valence-corrected chi connectivity index (χ1v) is 6.77. The van der Waals surface area contributed by atoms with Crippen LogP contribution in [0, 0.1) is 0 Å². The number of nitrogens with zero attached hydrogens (tertiary/aromatic N) is 2. The van der Waals surface area contributed by atoms with Gasteiger partial charge in [-0.25, -0.2) is 0 Å². The number of aliphatic hydroxyl groups excluding tert-OH is 1. The molecule has 0 aliphatic carbocycles. The van der Waals surface area contributed by atoms with Crippen molar-refractivity contribution < 1.29 is 5.11 Å². The van der Waals surface area contributed by atoms with E-state index in [2.05, 4.69) is 9.88 Å². The molecule has 1 heterocycles. The summed E-state index contributed by atoms with van der Waals surface area (Å²) in [4.78, 5) is 6.40. The first kappa shape index (κ1) is 14.5. The van der Waals surface area contributed by atoms with E-state index < -0.39 is 6.10 Å². The van der Waals surface area contributed by atoms with Gasteiger partial charge in [0.05, 0.1) is 6.10 Å². The van der Waals surface area contributed by atoms with Gasteiger partial charge in [0.15, 0.2) is 0 Å². The fourth-order valence-electron chi connectivity index (χ4n) is 2.06. The second kappa shape index (κ2) is 7.03. The van der Waals surface area contributed by atoms with Gasteiger partial charge in [-0.05, 0) is 36.9 Å². The Kier molecular flexibility index (Phi) is 5.09. The predicted molar refractivity (Wildman–Crippen MR) is 81.3 cm³/mol. The van der Waals surface area contributed by atoms with Crippen LogP contribution in [-0.4, -0.2) is 35.1 Å². The van der Waals surface area contributed by atoms with Gasteiger partial charge in [0, 0.05) is 37.1 Å². The Morgan fingerprint density at radius 3 is 2.60 bits per heavy atom. The molecule has 4 nitrogen and oxygen atoms in total. The maximum absolute atomic E-state index is 10.2. The lowest BCUT2D eigenvalue weighted by atomic mass is 10.1. The zero-order chi connectivity index (χ0) is 14.4. The van der Waals surface area contributed by atoms with Gasteiger partial charge in [-0.1, -0.05) is 18.2 Å². The van der Waals surface area contributed by atoms with E-state index in [1.54, 1.807) is 6.20 Å². The van der Waals surface area contributed by atoms with Gasteiger partial charge < -0.3 is 15.7 Å². The number of nitrogen functional groups attached to an aromatic ring is 1. The lowest BCUT2D eigenvalue weighted by Crippen LogP contribution is -2.27. The molecule has 1 unspecified atom stereocenters. The quantitative estimate of drug-likeness (QED) is 0.787. The smallest absolute Gasteiger partial charge is 0.0916 e. The molecule has 3 N–H and O–H groups in total. The third-order valence-electron chi connectivity index (χ3n) is 3.28. The average Bonchev–Trinajstić information content (AvgIpc) is 2.47. The van der Waals surface area contributed by atoms with Gasteiger partial charge in [0.2, 0.25) is 0 Å². The molecule has 0 fully saturated rings. The largest absolute Gasteiger partial charge is 0.399 e. The molecule has 0 bridgehead atoms. The highest BCUT2D eigenvalue weighted by atomic mass is 16.3. The van der Waals surface area contributed by atoms with Gasteiger partial charge in [0.25, 0.3) is 0 Å². The second-order valence-electron chi connectivity index (χ2n) is 5.02. The Balaban J connectivity index is 1.82. The minimum atomic E-state index is -0.496. The Hall–Kier alpha value is -1.91. The number of hydrogen-bond acceptors (Lipinski definition) is 4. The Morgan fingerprint density at radius 1 is 1.20 bits per heavy atom. The van der Waals surface area contributed by atoms with Crippen LogP contribution in [-0.2, 0) is 6.42 Å². The van der Waals surface area contributed by atoms with Crippen LogP contribution in [0.25, 0.3) is 0 Å². The van der Waals surface area contributed by atoms with Crippen molar-refractivity contribution in [2.45, 2.75) is 12.5 Å². The molecule has 0 amide bonds. The normalized spacial score (nSPS) is 12.6. The molecular weight excluding hydrogens is 250 g/mol. The number of aliphatic hydroxyl groups is 1. The standard InChI is InChI=1S/C16H21N3O/c1-19(11-9-15-4-2-3-10-18-15)12-16(20)13-5-7-14(17)8-6-13/h2-8,10,16,20H,9,11-12,17H2,1H3. The van der Waals surface area contributed by atoms with Crippen LogP contribution in [0.5, 0.6) is 0 Å². The highest BCUT2D eigenvalue weighted by Crippen LogP contribution is 2.15. The lowest BCUT2D eigenvalue weighted by Gasteiger charge is -2.20. The van der Waals surface area contributed by atoms with Gasteiger partial charge >= 0.3 is 0 Å². The molecule has 20 heavy (non-hydrogen) atoms. The van der Waals surface area contributed by atoms with Crippen LogP contribution in [0.15, 0.2) is 48.7 Å². The molecule has 0 aliphatic heterocycles. The maximum atomic E-state index is 10.2. The first-order valence-electron chi connectivity index (χ1n) is 6.77. The molecule has 2 aromatic rings. The van der Waals surface area contributed by atoms with Crippen LogP contribution >= 0.6 is 0 Å². The minimum Gasteiger partial charge on any atom is -0.399 e. The maximum Gasteiger partial charge on any atom is 0.0916 e. The molecule has 0 saturated carbocycles. The minimum absolute atomic E-state index is 0.496. The van der Waals surface area contributed by atoms with E-state index in [0.717, 1.165) is 24.2 Å². The molecule has 4 heteroatoms. The molecule has 1 aromatic heterocycles. The van der Waals surface area contributed by atoms with Crippen molar-refractivity contribution in [2.24, 2.45) is 0 Å². The molecule has 1 aromatic carbocycles. The summed E-state index contributed by atoms with van der Waals surface area (Å²) in [6.07, 6.45) is 2.19. The van der Waals surface area contributed by atoms with Crippen LogP contribution < -0.4 is 5.73 Å². The zero-order valence-corrected chi connectivity index (χ0v) is 11.7. The van der Waals surface area contributed by atoms with Crippen LogP contribution in [0.3, 0.4) is 0 Å². The Bertz CT molecular complexity index is 513. The number of anilines is 1. The van der Waals surface area contributed by atoms with Crippen molar-refractivity contribution >= 4 is 5.69 Å². The summed E-state index contributed by atoms with van der Waals surface area (Å²) in [6.45, 7) is 1.46. The summed E-state index contributed by atoms with van der Waals surface area (Å²) >= 11 is 0. The number of benzene rings is 1. The van der Waals surface area contributed by atoms with E-state index in [4.69, 9.17) is 5.73 Å². The monoisotopic (exact) mass is 271 g/mol. The lowest BCUT2D eigenvalue weighted by molar-refractivity contribution is 0.127. The predicted octanol–water partition coefficient (Wildman–Crippen LogP) is 1.87. The molecule has 2 rings (SSSR count). The van der Waals surface area contributed by atoms with Crippen molar-refractivity contribution in [3.8, 4) is 0 Å². The first-order chi connectivity index (χ1) is 9.65. The van der Waals surface area contributed by atoms with Crippen molar-refractivity contribution in [1.82, 2.24) is 9.88 Å². The summed E-state index contributed by atoms with van der Waals surface area (Å²) in [5.74, 6) is 0. The molecule has 0 aliphatic rings. The van der Waals surface area contributed by atoms with E-state index in [-0.39, 0.29) is 0 Å². The summed E-state index contributed by atoms with van der Waals surface area (Å²) < 4.78 is 0. The van der Waals surface area contributed by atoms with Crippen molar-refractivity contribution in [3.63, 3.8) is 0 Å². The number of hydrogen-bond donors (Lipinski definition) is 2. The number of rotatable bonds is 6. The van der Waals surface area contributed by atoms with Gasteiger partial charge in [-0.15, -0.1) is 0 Å². The molecule has 0 spiro atoms. The highest BCUT2D eigenvalue weighted by molar-refractivity contribution is 5.39. The summed E-state index contributed by atoms with van der Waals surface area (Å²) in [5.41, 5.74) is 8.32. The second-order valence-corrected chi connectivity index (χ2v) is 5.02. The van der Waals surface area contributed by atoms with Crippen molar-refractivity contribution in [3.05, 3.63) is 59.9 Å². The summed E-state index contributed by atoms with van der Waals surface area (Å²) in [5, 5.41) is 10.2. The van der Waals surface area contributed by atoms with Crippen LogP contribution in [0.2, 0.25) is 0 Å². The number of nitrogens with two attached hydrogens (primary N) is 1. The van der Waals surface area contributed by atoms with Crippen molar-refractivity contribution in [1.29, 1.82) is 0 Å². The fraction of sp³-hybridized carbons (Fsp3) is 0.312. The van der Waals surface area contributed by atoms with E-state index in [1.165, 1.54) is 0 Å². The number of likely N-dealkylation sites (N-methyl/N-ethyl adjacent to an activating group) is 1. The molecule has 0 radical (unpaired) electrons. The molecule has 106 valence electrons. The van der Waals surface area contributed by atoms with Crippen LogP contribution in [0.1, 0.15) is 17.4 Å². The molecular formula is C16H21N3O. The third kappa shape index (κ3) is 4.33. The fourth-order valence-corrected chi connectivity index (χ4v) is 2.06. The topological polar surface area (TPSA) is 62.4 Å². The van der Waals surface area contributed by atoms with Crippen LogP contribution in [0.4, 0.5) is 5.69 Å². The third-order valence-corrected chi connectivity index (χ3v) is 3.28. The van der Waals surface area contributed by atoms with E-state index in [0.29, 0.717) is 12.2 Å². The molecule has 1 atom stereocenters. The van der Waals surface area contributed by atoms with Gasteiger partial charge in [0.1, 0.15) is 0 Å². The Labute approximate surface area is 119 Å². The number of pyridine rings is 1. The Morgan fingerprint density at radius 2 is 1.95 bits per heavy atom. The average molecular weight is 271 g/mol. The van der Waals surface area contributed by atoms with Gasteiger partial charge in [-0.2, -0.15) is 0 Å². The SMILES string of the molecule is CN(CCc1ccccn1)CC(O)c1ccc(N)cc1. The number of aromatic nitrogens is 1. The highest BCUT2D eigenvalue weighted by Gasteiger charge is 2.10. The van der Waals surface area contributed by atoms with E-state index in [1.807, 2.05) is 49.5 Å². The van der Waals surface area contributed by atoms with Gasteiger partial charge in [-0.3, -0.25) is 4.98 Å². The summed E-state index contributed by atoms with van der Waals surface area (Å²) in [6, 6.07) is 13.3.